The van der Waals surface area contributed by atoms with Gasteiger partial charge in [-0.3, -0.25) is 0 Å². The van der Waals surface area contributed by atoms with E-state index in [1.54, 1.807) is 0 Å². The maximum Gasteiger partial charge on any atom is 0.0205 e. The molecule has 1 saturated carbocycles. The van der Waals surface area contributed by atoms with Crippen LogP contribution in [0.1, 0.15) is 51.2 Å². The summed E-state index contributed by atoms with van der Waals surface area (Å²) >= 11 is 0. The van der Waals surface area contributed by atoms with E-state index in [0.29, 0.717) is 0 Å². The minimum absolute atomic E-state index is 0.743. The fourth-order valence-corrected chi connectivity index (χ4v) is 3.19. The Balaban J connectivity index is 1.73. The van der Waals surface area contributed by atoms with Crippen molar-refractivity contribution in [3.63, 3.8) is 0 Å². The maximum atomic E-state index is 3.63. The summed E-state index contributed by atoms with van der Waals surface area (Å²) in [5.41, 5.74) is 2.88. The first-order chi connectivity index (χ1) is 9.15. The molecule has 0 aromatic heterocycles. The van der Waals surface area contributed by atoms with Gasteiger partial charge in [0.05, 0.1) is 0 Å². The van der Waals surface area contributed by atoms with E-state index >= 15 is 0 Å². The highest BCUT2D eigenvalue weighted by molar-refractivity contribution is 5.22. The molecule has 0 saturated heterocycles. The highest BCUT2D eigenvalue weighted by Crippen LogP contribution is 2.30. The first-order valence-electron chi connectivity index (χ1n) is 7.93. The minimum Gasteiger partial charge on any atom is -0.312 e. The fraction of sp³-hybridized carbons (Fsp3) is 0.667. The molecule has 0 radical (unpaired) electrons. The van der Waals surface area contributed by atoms with Crippen molar-refractivity contribution >= 4 is 0 Å². The van der Waals surface area contributed by atoms with Crippen LogP contribution in [0.4, 0.5) is 0 Å². The van der Waals surface area contributed by atoms with Crippen LogP contribution in [0.5, 0.6) is 0 Å². The zero-order valence-corrected chi connectivity index (χ0v) is 12.8. The summed E-state index contributed by atoms with van der Waals surface area (Å²) in [6, 6.07) is 9.13. The molecule has 1 aromatic rings. The van der Waals surface area contributed by atoms with Gasteiger partial charge in [0.1, 0.15) is 0 Å². The SMILES string of the molecule is CC(C)Cc1ccc(CNCC2CCCC2C)cc1. The van der Waals surface area contributed by atoms with Crippen LogP contribution in [-0.2, 0) is 13.0 Å². The van der Waals surface area contributed by atoms with Crippen LogP contribution >= 0.6 is 0 Å². The van der Waals surface area contributed by atoms with Gasteiger partial charge in [-0.15, -0.1) is 0 Å². The quantitative estimate of drug-likeness (QED) is 0.798. The van der Waals surface area contributed by atoms with Crippen LogP contribution in [0.2, 0.25) is 0 Å². The molecule has 0 bridgehead atoms. The molecular formula is C18H29N. The summed E-state index contributed by atoms with van der Waals surface area (Å²) in [7, 11) is 0. The van der Waals surface area contributed by atoms with Crippen molar-refractivity contribution in [2.75, 3.05) is 6.54 Å². The number of benzene rings is 1. The molecule has 2 rings (SSSR count). The lowest BCUT2D eigenvalue weighted by atomic mass is 9.98. The highest BCUT2D eigenvalue weighted by Gasteiger charge is 2.22. The van der Waals surface area contributed by atoms with E-state index in [-0.39, 0.29) is 0 Å². The Labute approximate surface area is 118 Å². The molecule has 1 aliphatic rings. The Morgan fingerprint density at radius 1 is 1.11 bits per heavy atom. The molecule has 1 nitrogen and oxygen atoms in total. The van der Waals surface area contributed by atoms with Gasteiger partial charge in [0.25, 0.3) is 0 Å². The van der Waals surface area contributed by atoms with E-state index in [9.17, 15) is 0 Å². The van der Waals surface area contributed by atoms with Crippen molar-refractivity contribution in [2.24, 2.45) is 17.8 Å². The smallest absolute Gasteiger partial charge is 0.0205 e. The standard InChI is InChI=1S/C18H29N/c1-14(2)11-16-7-9-17(10-8-16)12-19-13-18-6-4-5-15(18)3/h7-10,14-15,18-19H,4-6,11-13H2,1-3H3. The molecule has 2 unspecified atom stereocenters. The van der Waals surface area contributed by atoms with Gasteiger partial charge < -0.3 is 5.32 Å². The Morgan fingerprint density at radius 2 is 1.79 bits per heavy atom. The van der Waals surface area contributed by atoms with E-state index in [4.69, 9.17) is 0 Å². The predicted molar refractivity (Wildman–Crippen MR) is 83.2 cm³/mol. The van der Waals surface area contributed by atoms with Crippen molar-refractivity contribution in [1.29, 1.82) is 0 Å². The number of rotatable bonds is 6. The molecule has 106 valence electrons. The molecule has 2 atom stereocenters. The lowest BCUT2D eigenvalue weighted by molar-refractivity contribution is 0.392. The fourth-order valence-electron chi connectivity index (χ4n) is 3.19. The first kappa shape index (κ1) is 14.6. The largest absolute Gasteiger partial charge is 0.312 e. The highest BCUT2D eigenvalue weighted by atomic mass is 14.9. The van der Waals surface area contributed by atoms with Gasteiger partial charge in [-0.1, -0.05) is 57.9 Å². The van der Waals surface area contributed by atoms with Crippen molar-refractivity contribution < 1.29 is 0 Å². The van der Waals surface area contributed by atoms with Gasteiger partial charge in [0.15, 0.2) is 0 Å². The van der Waals surface area contributed by atoms with Gasteiger partial charge in [0.2, 0.25) is 0 Å². The van der Waals surface area contributed by atoms with Crippen molar-refractivity contribution in [2.45, 2.75) is 53.0 Å². The lowest BCUT2D eigenvalue weighted by Crippen LogP contribution is -2.23. The molecule has 0 amide bonds. The van der Waals surface area contributed by atoms with Gasteiger partial charge in [-0.2, -0.15) is 0 Å². The van der Waals surface area contributed by atoms with Crippen LogP contribution in [0.15, 0.2) is 24.3 Å². The Kier molecular flexibility index (Phi) is 5.45. The van der Waals surface area contributed by atoms with Gasteiger partial charge in [-0.05, 0) is 48.3 Å². The minimum atomic E-state index is 0.743. The zero-order chi connectivity index (χ0) is 13.7. The summed E-state index contributed by atoms with van der Waals surface area (Å²) in [5.74, 6) is 2.56. The molecule has 19 heavy (non-hydrogen) atoms. The Bertz CT molecular complexity index is 366. The monoisotopic (exact) mass is 259 g/mol. The van der Waals surface area contributed by atoms with Gasteiger partial charge in [0, 0.05) is 6.54 Å². The molecule has 1 heteroatoms. The van der Waals surface area contributed by atoms with Crippen molar-refractivity contribution in [1.82, 2.24) is 5.32 Å². The van der Waals surface area contributed by atoms with E-state index in [1.807, 2.05) is 0 Å². The summed E-state index contributed by atoms with van der Waals surface area (Å²) in [5, 5.41) is 3.63. The van der Waals surface area contributed by atoms with E-state index in [0.717, 1.165) is 24.3 Å². The summed E-state index contributed by atoms with van der Waals surface area (Å²) in [6.07, 6.45) is 5.46. The lowest BCUT2D eigenvalue weighted by Gasteiger charge is -2.16. The third kappa shape index (κ3) is 4.65. The van der Waals surface area contributed by atoms with E-state index < -0.39 is 0 Å². The van der Waals surface area contributed by atoms with Crippen LogP contribution < -0.4 is 5.32 Å². The van der Waals surface area contributed by atoms with Crippen LogP contribution in [-0.4, -0.2) is 6.54 Å². The van der Waals surface area contributed by atoms with E-state index in [1.165, 1.54) is 43.4 Å². The summed E-state index contributed by atoms with van der Waals surface area (Å²) in [4.78, 5) is 0. The van der Waals surface area contributed by atoms with Gasteiger partial charge >= 0.3 is 0 Å². The molecule has 0 aliphatic heterocycles. The average Bonchev–Trinajstić information content (AvgIpc) is 2.77. The number of hydrogen-bond acceptors (Lipinski definition) is 1. The summed E-state index contributed by atoms with van der Waals surface area (Å²) in [6.45, 7) is 9.16. The normalized spacial score (nSPS) is 23.2. The Hall–Kier alpha value is -0.820. The second-order valence-electron chi connectivity index (χ2n) is 6.71. The zero-order valence-electron chi connectivity index (χ0n) is 12.8. The third-order valence-electron chi connectivity index (χ3n) is 4.44. The van der Waals surface area contributed by atoms with Gasteiger partial charge in [-0.25, -0.2) is 0 Å². The van der Waals surface area contributed by atoms with Crippen LogP contribution in [0, 0.1) is 17.8 Å². The maximum absolute atomic E-state index is 3.63. The predicted octanol–water partition coefficient (Wildman–Crippen LogP) is 4.41. The second-order valence-corrected chi connectivity index (χ2v) is 6.71. The first-order valence-corrected chi connectivity index (χ1v) is 7.93. The molecule has 0 heterocycles. The van der Waals surface area contributed by atoms with E-state index in [2.05, 4.69) is 50.4 Å². The topological polar surface area (TPSA) is 12.0 Å². The van der Waals surface area contributed by atoms with Crippen LogP contribution in [0.3, 0.4) is 0 Å². The van der Waals surface area contributed by atoms with Crippen molar-refractivity contribution in [3.05, 3.63) is 35.4 Å². The molecule has 1 N–H and O–H groups in total. The molecule has 1 aliphatic carbocycles. The number of hydrogen-bond donors (Lipinski definition) is 1. The summed E-state index contributed by atoms with van der Waals surface area (Å²) < 4.78 is 0. The number of nitrogens with one attached hydrogen (secondary N) is 1. The molecular weight excluding hydrogens is 230 g/mol. The Morgan fingerprint density at radius 3 is 2.37 bits per heavy atom. The van der Waals surface area contributed by atoms with Crippen molar-refractivity contribution in [3.8, 4) is 0 Å². The second kappa shape index (κ2) is 7.09. The molecule has 1 aromatic carbocycles. The third-order valence-corrected chi connectivity index (χ3v) is 4.44. The average molecular weight is 259 g/mol. The van der Waals surface area contributed by atoms with Crippen LogP contribution in [0.25, 0.3) is 0 Å². The molecule has 1 fully saturated rings. The molecule has 0 spiro atoms.